The number of hydrogen-bond donors (Lipinski definition) is 1. The summed E-state index contributed by atoms with van der Waals surface area (Å²) in [5.74, 6) is -1.16. The fourth-order valence-corrected chi connectivity index (χ4v) is 1.84. The molecule has 1 aromatic carbocycles. The van der Waals surface area contributed by atoms with Gasteiger partial charge in [0.05, 0.1) is 6.42 Å². The molecule has 0 saturated heterocycles. The van der Waals surface area contributed by atoms with Crippen LogP contribution in [0.1, 0.15) is 16.7 Å². The third kappa shape index (κ3) is 3.96. The van der Waals surface area contributed by atoms with Crippen molar-refractivity contribution < 1.29 is 23.4 Å². The van der Waals surface area contributed by atoms with Crippen molar-refractivity contribution in [3.8, 4) is 5.75 Å². The van der Waals surface area contributed by atoms with Crippen LogP contribution in [-0.4, -0.2) is 17.7 Å². The van der Waals surface area contributed by atoms with E-state index in [0.717, 1.165) is 5.56 Å². The second-order valence-corrected chi connectivity index (χ2v) is 4.03. The normalized spacial score (nSPS) is 10.6. The molecule has 1 rings (SSSR count). The zero-order chi connectivity index (χ0) is 13.0. The maximum Gasteiger partial charge on any atom is 0.387 e. The van der Waals surface area contributed by atoms with E-state index in [2.05, 4.69) is 20.7 Å². The highest BCUT2D eigenvalue weighted by molar-refractivity contribution is 9.08. The highest BCUT2D eigenvalue weighted by Gasteiger charge is 2.15. The molecule has 0 heterocycles. The minimum absolute atomic E-state index is 0.0724. The molecule has 0 fully saturated rings. The van der Waals surface area contributed by atoms with Crippen LogP contribution < -0.4 is 4.74 Å². The molecule has 0 unspecified atom stereocenters. The predicted octanol–water partition coefficient (Wildman–Crippen LogP) is 3.12. The van der Waals surface area contributed by atoms with E-state index in [1.54, 1.807) is 13.0 Å². The molecule has 0 aliphatic rings. The van der Waals surface area contributed by atoms with Crippen molar-refractivity contribution in [3.63, 3.8) is 0 Å². The molecule has 0 saturated carbocycles. The van der Waals surface area contributed by atoms with Crippen LogP contribution in [0.25, 0.3) is 0 Å². The van der Waals surface area contributed by atoms with Crippen molar-refractivity contribution in [2.45, 2.75) is 25.3 Å². The smallest absolute Gasteiger partial charge is 0.387 e. The first kappa shape index (κ1) is 13.9. The first-order valence-electron chi connectivity index (χ1n) is 4.79. The third-order valence-electron chi connectivity index (χ3n) is 2.19. The van der Waals surface area contributed by atoms with Crippen LogP contribution in [0.2, 0.25) is 0 Å². The summed E-state index contributed by atoms with van der Waals surface area (Å²) in [6.07, 6.45) is -0.337. The SMILES string of the molecule is Cc1cc(CBr)cc(OC(F)F)c1CC(=O)O. The lowest BCUT2D eigenvalue weighted by Crippen LogP contribution is -2.09. The van der Waals surface area contributed by atoms with E-state index >= 15 is 0 Å². The second kappa shape index (κ2) is 5.95. The zero-order valence-corrected chi connectivity index (χ0v) is 10.6. The minimum atomic E-state index is -2.97. The first-order valence-corrected chi connectivity index (χ1v) is 5.91. The Labute approximate surface area is 106 Å². The molecule has 0 spiro atoms. The Morgan fingerprint density at radius 3 is 2.65 bits per heavy atom. The lowest BCUT2D eigenvalue weighted by atomic mass is 10.0. The number of carbonyl (C=O) groups is 1. The van der Waals surface area contributed by atoms with E-state index in [-0.39, 0.29) is 17.7 Å². The quantitative estimate of drug-likeness (QED) is 0.850. The van der Waals surface area contributed by atoms with Gasteiger partial charge in [-0.3, -0.25) is 4.79 Å². The first-order chi connectivity index (χ1) is 7.93. The maximum absolute atomic E-state index is 12.2. The number of carboxylic acids is 1. The predicted molar refractivity (Wildman–Crippen MR) is 61.8 cm³/mol. The number of hydrogen-bond acceptors (Lipinski definition) is 2. The van der Waals surface area contributed by atoms with E-state index in [1.165, 1.54) is 6.07 Å². The summed E-state index contributed by atoms with van der Waals surface area (Å²) in [5.41, 5.74) is 1.66. The summed E-state index contributed by atoms with van der Waals surface area (Å²) < 4.78 is 28.8. The monoisotopic (exact) mass is 308 g/mol. The van der Waals surface area contributed by atoms with Crippen LogP contribution in [-0.2, 0) is 16.5 Å². The molecule has 6 heteroatoms. The minimum Gasteiger partial charge on any atom is -0.481 e. The van der Waals surface area contributed by atoms with Gasteiger partial charge in [-0.15, -0.1) is 0 Å². The Kier molecular flexibility index (Phi) is 4.86. The molecule has 0 radical (unpaired) electrons. The summed E-state index contributed by atoms with van der Waals surface area (Å²) >= 11 is 3.21. The van der Waals surface area contributed by atoms with E-state index in [0.29, 0.717) is 10.9 Å². The standard InChI is InChI=1S/C11H11BrF2O3/c1-6-2-7(5-12)3-9(17-11(13)14)8(6)4-10(15)16/h2-3,11H,4-5H2,1H3,(H,15,16). The molecule has 0 aliphatic heterocycles. The number of aryl methyl sites for hydroxylation is 1. The lowest BCUT2D eigenvalue weighted by molar-refractivity contribution is -0.136. The van der Waals surface area contributed by atoms with Crippen molar-refractivity contribution in [3.05, 3.63) is 28.8 Å². The average Bonchev–Trinajstić information content (AvgIpc) is 2.21. The van der Waals surface area contributed by atoms with Crippen LogP contribution in [0.5, 0.6) is 5.75 Å². The van der Waals surface area contributed by atoms with E-state index in [9.17, 15) is 13.6 Å². The van der Waals surface area contributed by atoms with Crippen molar-refractivity contribution in [2.75, 3.05) is 0 Å². The van der Waals surface area contributed by atoms with Crippen LogP contribution in [0.3, 0.4) is 0 Å². The Morgan fingerprint density at radius 2 is 2.18 bits per heavy atom. The molecular weight excluding hydrogens is 298 g/mol. The number of carboxylic acid groups (broad SMARTS) is 1. The largest absolute Gasteiger partial charge is 0.481 e. The number of aliphatic carboxylic acids is 1. The van der Waals surface area contributed by atoms with Crippen LogP contribution in [0.15, 0.2) is 12.1 Å². The molecule has 0 bridgehead atoms. The molecular formula is C11H11BrF2O3. The van der Waals surface area contributed by atoms with E-state index in [4.69, 9.17) is 5.11 Å². The molecule has 3 nitrogen and oxygen atoms in total. The fourth-order valence-electron chi connectivity index (χ4n) is 1.51. The van der Waals surface area contributed by atoms with Crippen LogP contribution >= 0.6 is 15.9 Å². The van der Waals surface area contributed by atoms with E-state index < -0.39 is 12.6 Å². The summed E-state index contributed by atoms with van der Waals surface area (Å²) in [7, 11) is 0. The van der Waals surface area contributed by atoms with Gasteiger partial charge in [0.2, 0.25) is 0 Å². The fraction of sp³-hybridized carbons (Fsp3) is 0.364. The summed E-state index contributed by atoms with van der Waals surface area (Å²) in [5, 5.41) is 9.21. The molecule has 0 aromatic heterocycles. The average molecular weight is 309 g/mol. The van der Waals surface area contributed by atoms with Gasteiger partial charge in [0.15, 0.2) is 0 Å². The van der Waals surface area contributed by atoms with Gasteiger partial charge in [-0.1, -0.05) is 22.0 Å². The zero-order valence-electron chi connectivity index (χ0n) is 9.04. The van der Waals surface area contributed by atoms with Crippen molar-refractivity contribution >= 4 is 21.9 Å². The van der Waals surface area contributed by atoms with Gasteiger partial charge >= 0.3 is 12.6 Å². The van der Waals surface area contributed by atoms with Crippen molar-refractivity contribution in [2.24, 2.45) is 0 Å². The van der Waals surface area contributed by atoms with E-state index in [1.807, 2.05) is 0 Å². The Hall–Kier alpha value is -1.17. The van der Waals surface area contributed by atoms with Gasteiger partial charge in [-0.25, -0.2) is 0 Å². The van der Waals surface area contributed by atoms with Gasteiger partial charge in [-0.05, 0) is 24.1 Å². The highest BCUT2D eigenvalue weighted by atomic mass is 79.9. The van der Waals surface area contributed by atoms with Crippen molar-refractivity contribution in [1.82, 2.24) is 0 Å². The summed E-state index contributed by atoms with van der Waals surface area (Å²) in [6, 6.07) is 3.16. The number of halogens is 3. The molecule has 1 aromatic rings. The number of rotatable bonds is 5. The lowest BCUT2D eigenvalue weighted by Gasteiger charge is -2.13. The van der Waals surface area contributed by atoms with Crippen LogP contribution in [0, 0.1) is 6.92 Å². The Morgan fingerprint density at radius 1 is 1.53 bits per heavy atom. The molecule has 94 valence electrons. The summed E-state index contributed by atoms with van der Waals surface area (Å²) in [6.45, 7) is -1.30. The maximum atomic E-state index is 12.2. The number of benzene rings is 1. The topological polar surface area (TPSA) is 46.5 Å². The number of ether oxygens (including phenoxy) is 1. The second-order valence-electron chi connectivity index (χ2n) is 3.47. The van der Waals surface area contributed by atoms with Gasteiger partial charge in [0.1, 0.15) is 5.75 Å². The highest BCUT2D eigenvalue weighted by Crippen LogP contribution is 2.27. The van der Waals surface area contributed by atoms with Gasteiger partial charge < -0.3 is 9.84 Å². The third-order valence-corrected chi connectivity index (χ3v) is 2.84. The molecule has 0 aliphatic carbocycles. The summed E-state index contributed by atoms with van der Waals surface area (Å²) in [4.78, 5) is 10.7. The van der Waals surface area contributed by atoms with Gasteiger partial charge in [0, 0.05) is 10.9 Å². The number of alkyl halides is 3. The molecule has 0 atom stereocenters. The molecule has 0 amide bonds. The molecule has 1 N–H and O–H groups in total. The van der Waals surface area contributed by atoms with Crippen molar-refractivity contribution in [1.29, 1.82) is 0 Å². The Bertz CT molecular complexity index is 421. The van der Waals surface area contributed by atoms with Gasteiger partial charge in [0.25, 0.3) is 0 Å². The van der Waals surface area contributed by atoms with Crippen LogP contribution in [0.4, 0.5) is 8.78 Å². The molecule has 17 heavy (non-hydrogen) atoms. The Balaban J connectivity index is 3.18. The van der Waals surface area contributed by atoms with Gasteiger partial charge in [-0.2, -0.15) is 8.78 Å².